The van der Waals surface area contributed by atoms with E-state index in [0.29, 0.717) is 22.8 Å². The lowest BCUT2D eigenvalue weighted by atomic mass is 10.1. The van der Waals surface area contributed by atoms with Gasteiger partial charge < -0.3 is 14.6 Å². The van der Waals surface area contributed by atoms with Crippen LogP contribution >= 0.6 is 0 Å². The molecule has 3 aromatic carbocycles. The van der Waals surface area contributed by atoms with Gasteiger partial charge in [-0.3, -0.25) is 0 Å². The molecule has 0 aliphatic heterocycles. The van der Waals surface area contributed by atoms with Crippen molar-refractivity contribution in [1.82, 2.24) is 4.98 Å². The Morgan fingerprint density at radius 1 is 0.966 bits per heavy atom. The van der Waals surface area contributed by atoms with Crippen molar-refractivity contribution in [3.05, 3.63) is 95.6 Å². The van der Waals surface area contributed by atoms with Crippen LogP contribution in [0.25, 0.3) is 10.9 Å². The molecule has 0 aliphatic carbocycles. The van der Waals surface area contributed by atoms with Crippen LogP contribution in [-0.4, -0.2) is 16.1 Å². The number of nitrogens with zero attached hydrogens (tertiary/aromatic N) is 1. The fourth-order valence-electron chi connectivity index (χ4n) is 2.99. The van der Waals surface area contributed by atoms with E-state index in [1.807, 2.05) is 43.3 Å². The number of fused-ring (bicyclic) bond motifs is 1. The van der Waals surface area contributed by atoms with E-state index in [0.717, 1.165) is 16.5 Å². The van der Waals surface area contributed by atoms with E-state index in [1.165, 1.54) is 0 Å². The monoisotopic (exact) mass is 385 g/mol. The van der Waals surface area contributed by atoms with Gasteiger partial charge in [-0.05, 0) is 49.4 Å². The zero-order valence-corrected chi connectivity index (χ0v) is 15.8. The minimum Gasteiger partial charge on any atom is -0.439 e. The maximum Gasteiger partial charge on any atom is 0.343 e. The summed E-state index contributed by atoms with van der Waals surface area (Å²) < 4.78 is 11.4. The van der Waals surface area contributed by atoms with Crippen LogP contribution in [0.4, 0.5) is 0 Å². The zero-order valence-electron chi connectivity index (χ0n) is 15.8. The number of ether oxygens (including phenoxy) is 2. The first-order valence-corrected chi connectivity index (χ1v) is 9.19. The number of aliphatic hydroxyl groups is 1. The topological polar surface area (TPSA) is 68.7 Å². The van der Waals surface area contributed by atoms with E-state index in [9.17, 15) is 9.90 Å². The highest BCUT2D eigenvalue weighted by atomic mass is 16.5. The Bertz CT molecular complexity index is 1170. The molecule has 0 saturated heterocycles. The number of carbonyl (C=O) groups is 1. The van der Waals surface area contributed by atoms with E-state index in [2.05, 4.69) is 4.98 Å². The van der Waals surface area contributed by atoms with Crippen LogP contribution in [0, 0.1) is 6.92 Å². The van der Waals surface area contributed by atoms with Gasteiger partial charge in [0.2, 0.25) is 5.88 Å². The average Bonchev–Trinajstić information content (AvgIpc) is 2.75. The van der Waals surface area contributed by atoms with Crippen molar-refractivity contribution in [3.8, 4) is 17.4 Å². The molecule has 144 valence electrons. The second-order valence-corrected chi connectivity index (χ2v) is 6.59. The van der Waals surface area contributed by atoms with Crippen molar-refractivity contribution >= 4 is 16.9 Å². The Balaban J connectivity index is 1.58. The summed E-state index contributed by atoms with van der Waals surface area (Å²) in [5.41, 5.74) is 2.62. The molecule has 0 amide bonds. The molecular weight excluding hydrogens is 366 g/mol. The molecular formula is C24H19NO4. The molecule has 29 heavy (non-hydrogen) atoms. The molecule has 0 spiro atoms. The Morgan fingerprint density at radius 2 is 1.72 bits per heavy atom. The summed E-state index contributed by atoms with van der Waals surface area (Å²) in [6.45, 7) is 1.64. The molecule has 0 radical (unpaired) electrons. The number of pyridine rings is 1. The number of hydrogen-bond acceptors (Lipinski definition) is 5. The third-order valence-electron chi connectivity index (χ3n) is 4.50. The number of esters is 1. The standard InChI is InChI=1S/C24H19NO4/c1-16-13-18-9-5-6-10-21(18)25-23(16)28-20-11-12-22(19(14-20)15-26)29-24(27)17-7-3-2-4-8-17/h2-14,26H,15H2,1H3. The summed E-state index contributed by atoms with van der Waals surface area (Å²) in [5.74, 6) is 0.791. The Morgan fingerprint density at radius 3 is 2.52 bits per heavy atom. The molecule has 1 aromatic heterocycles. The number of aromatic nitrogens is 1. The summed E-state index contributed by atoms with van der Waals surface area (Å²) in [4.78, 5) is 16.8. The Hall–Kier alpha value is -3.70. The van der Waals surface area contributed by atoms with Gasteiger partial charge in [-0.25, -0.2) is 9.78 Å². The lowest BCUT2D eigenvalue weighted by Crippen LogP contribution is -2.09. The molecule has 0 fully saturated rings. The molecule has 5 heteroatoms. The Labute approximate surface area is 168 Å². The fraction of sp³-hybridized carbons (Fsp3) is 0.0833. The lowest BCUT2D eigenvalue weighted by Gasteiger charge is -2.12. The minimum atomic E-state index is -0.485. The molecule has 0 atom stereocenters. The lowest BCUT2D eigenvalue weighted by molar-refractivity contribution is 0.0731. The third kappa shape index (κ3) is 4.10. The van der Waals surface area contributed by atoms with Crippen LogP contribution in [0.3, 0.4) is 0 Å². The molecule has 4 aromatic rings. The fourth-order valence-corrected chi connectivity index (χ4v) is 2.99. The largest absolute Gasteiger partial charge is 0.439 e. The van der Waals surface area contributed by atoms with Gasteiger partial charge in [0.1, 0.15) is 11.5 Å². The zero-order chi connectivity index (χ0) is 20.2. The van der Waals surface area contributed by atoms with Crippen molar-refractivity contribution in [3.63, 3.8) is 0 Å². The number of benzene rings is 3. The summed E-state index contributed by atoms with van der Waals surface area (Å²) in [6, 6.07) is 23.5. The predicted octanol–water partition coefficient (Wildman–Crippen LogP) is 5.05. The van der Waals surface area contributed by atoms with Crippen LogP contribution in [0.5, 0.6) is 17.4 Å². The van der Waals surface area contributed by atoms with Crippen molar-refractivity contribution in [2.24, 2.45) is 0 Å². The highest BCUT2D eigenvalue weighted by molar-refractivity contribution is 5.91. The summed E-state index contributed by atoms with van der Waals surface area (Å²) >= 11 is 0. The van der Waals surface area contributed by atoms with Crippen molar-refractivity contribution < 1.29 is 19.4 Å². The number of hydrogen-bond donors (Lipinski definition) is 1. The molecule has 4 rings (SSSR count). The SMILES string of the molecule is Cc1cc2ccccc2nc1Oc1ccc(OC(=O)c2ccccc2)c(CO)c1. The molecule has 1 heterocycles. The molecule has 5 nitrogen and oxygen atoms in total. The number of para-hydroxylation sites is 1. The maximum atomic E-state index is 12.3. The van der Waals surface area contributed by atoms with Crippen LogP contribution in [-0.2, 0) is 6.61 Å². The molecule has 0 saturated carbocycles. The number of aliphatic hydroxyl groups excluding tert-OH is 1. The van der Waals surface area contributed by atoms with Gasteiger partial charge in [0.25, 0.3) is 0 Å². The van der Waals surface area contributed by atoms with Gasteiger partial charge in [0, 0.05) is 16.5 Å². The smallest absolute Gasteiger partial charge is 0.343 e. The highest BCUT2D eigenvalue weighted by Gasteiger charge is 2.13. The number of aryl methyl sites for hydroxylation is 1. The minimum absolute atomic E-state index is 0.289. The highest BCUT2D eigenvalue weighted by Crippen LogP contribution is 2.30. The van der Waals surface area contributed by atoms with Crippen LogP contribution in [0.2, 0.25) is 0 Å². The first kappa shape index (κ1) is 18.7. The van der Waals surface area contributed by atoms with E-state index in [4.69, 9.17) is 9.47 Å². The maximum absolute atomic E-state index is 12.3. The second kappa shape index (κ2) is 8.12. The van der Waals surface area contributed by atoms with Crippen molar-refractivity contribution in [2.75, 3.05) is 0 Å². The van der Waals surface area contributed by atoms with Crippen molar-refractivity contribution in [1.29, 1.82) is 0 Å². The van der Waals surface area contributed by atoms with Gasteiger partial charge in [-0.1, -0.05) is 36.4 Å². The number of carbonyl (C=O) groups excluding carboxylic acids is 1. The molecule has 0 unspecified atom stereocenters. The van der Waals surface area contributed by atoms with Gasteiger partial charge in [0.05, 0.1) is 17.7 Å². The quantitative estimate of drug-likeness (QED) is 0.385. The predicted molar refractivity (Wildman–Crippen MR) is 110 cm³/mol. The molecule has 0 bridgehead atoms. The van der Waals surface area contributed by atoms with Gasteiger partial charge in [0.15, 0.2) is 0 Å². The van der Waals surface area contributed by atoms with Gasteiger partial charge in [-0.15, -0.1) is 0 Å². The van der Waals surface area contributed by atoms with Crippen LogP contribution in [0.1, 0.15) is 21.5 Å². The van der Waals surface area contributed by atoms with Crippen LogP contribution < -0.4 is 9.47 Å². The molecule has 1 N–H and O–H groups in total. The van der Waals surface area contributed by atoms with E-state index >= 15 is 0 Å². The van der Waals surface area contributed by atoms with Gasteiger partial charge in [-0.2, -0.15) is 0 Å². The van der Waals surface area contributed by atoms with E-state index < -0.39 is 5.97 Å². The molecule has 0 aliphatic rings. The van der Waals surface area contributed by atoms with Gasteiger partial charge >= 0.3 is 5.97 Å². The third-order valence-corrected chi connectivity index (χ3v) is 4.50. The first-order valence-electron chi connectivity index (χ1n) is 9.19. The second-order valence-electron chi connectivity index (χ2n) is 6.59. The van der Waals surface area contributed by atoms with Crippen LogP contribution in [0.15, 0.2) is 78.9 Å². The van der Waals surface area contributed by atoms with Crippen molar-refractivity contribution in [2.45, 2.75) is 13.5 Å². The average molecular weight is 385 g/mol. The summed E-state index contributed by atoms with van der Waals surface area (Å²) in [7, 11) is 0. The normalized spacial score (nSPS) is 10.7. The summed E-state index contributed by atoms with van der Waals surface area (Å²) in [6.07, 6.45) is 0. The first-order chi connectivity index (χ1) is 14.1. The van der Waals surface area contributed by atoms with E-state index in [-0.39, 0.29) is 12.4 Å². The Kier molecular flexibility index (Phi) is 5.22. The summed E-state index contributed by atoms with van der Waals surface area (Å²) in [5, 5.41) is 10.8. The number of rotatable bonds is 5. The van der Waals surface area contributed by atoms with E-state index in [1.54, 1.807) is 42.5 Å².